The first-order valence-corrected chi connectivity index (χ1v) is 10.1. The van der Waals surface area contributed by atoms with Crippen LogP contribution >= 0.6 is 0 Å². The van der Waals surface area contributed by atoms with Crippen molar-refractivity contribution in [3.05, 3.63) is 59.2 Å². The molecule has 0 N–H and O–H groups in total. The van der Waals surface area contributed by atoms with Crippen molar-refractivity contribution in [1.82, 2.24) is 4.90 Å². The van der Waals surface area contributed by atoms with Gasteiger partial charge in [-0.1, -0.05) is 24.3 Å². The van der Waals surface area contributed by atoms with E-state index in [-0.39, 0.29) is 0 Å². The highest BCUT2D eigenvalue weighted by Crippen LogP contribution is 2.38. The minimum Gasteiger partial charge on any atom is -0.496 e. The lowest BCUT2D eigenvalue weighted by molar-refractivity contribution is 0.0356. The molecule has 0 radical (unpaired) electrons. The fourth-order valence-corrected chi connectivity index (χ4v) is 4.40. The number of nitrogens with zero attached hydrogens (tertiary/aromatic N) is 2. The Balaban J connectivity index is 1.54. The summed E-state index contributed by atoms with van der Waals surface area (Å²) in [6.45, 7) is 7.36. The SMILES string of the molecule is COCc1ccc(OC)c(CN2CC(CN3CCOCC3)c3ccccc32)c1. The van der Waals surface area contributed by atoms with Gasteiger partial charge in [-0.25, -0.2) is 0 Å². The van der Waals surface area contributed by atoms with E-state index < -0.39 is 0 Å². The predicted octanol–water partition coefficient (Wildman–Crippen LogP) is 3.28. The molecule has 2 aromatic rings. The molecule has 4 rings (SSSR count). The molecule has 2 aromatic carbocycles. The summed E-state index contributed by atoms with van der Waals surface area (Å²) >= 11 is 0. The summed E-state index contributed by atoms with van der Waals surface area (Å²) in [7, 11) is 3.48. The highest BCUT2D eigenvalue weighted by atomic mass is 16.5. The Hall–Kier alpha value is -2.08. The molecule has 0 bridgehead atoms. The van der Waals surface area contributed by atoms with Crippen LogP contribution in [0.4, 0.5) is 5.69 Å². The second kappa shape index (κ2) is 8.95. The second-order valence-electron chi connectivity index (χ2n) is 7.63. The lowest BCUT2D eigenvalue weighted by Gasteiger charge is -2.29. The highest BCUT2D eigenvalue weighted by molar-refractivity contribution is 5.61. The minimum atomic E-state index is 0.530. The first-order chi connectivity index (χ1) is 13.8. The molecular formula is C23H30N2O3. The average molecular weight is 383 g/mol. The predicted molar refractivity (Wildman–Crippen MR) is 111 cm³/mol. The molecule has 5 nitrogen and oxygen atoms in total. The van der Waals surface area contributed by atoms with Crippen molar-refractivity contribution in [3.63, 3.8) is 0 Å². The molecule has 0 saturated carbocycles. The largest absolute Gasteiger partial charge is 0.496 e. The molecule has 1 atom stereocenters. The summed E-state index contributed by atoms with van der Waals surface area (Å²) < 4.78 is 16.5. The molecule has 0 aromatic heterocycles. The first-order valence-electron chi connectivity index (χ1n) is 10.1. The van der Waals surface area contributed by atoms with Gasteiger partial charge in [-0.05, 0) is 29.3 Å². The van der Waals surface area contributed by atoms with Crippen molar-refractivity contribution >= 4 is 5.69 Å². The van der Waals surface area contributed by atoms with E-state index in [4.69, 9.17) is 14.2 Å². The molecule has 28 heavy (non-hydrogen) atoms. The minimum absolute atomic E-state index is 0.530. The van der Waals surface area contributed by atoms with Gasteiger partial charge < -0.3 is 19.1 Å². The zero-order valence-electron chi connectivity index (χ0n) is 16.9. The lowest BCUT2D eigenvalue weighted by atomic mass is 10.0. The van der Waals surface area contributed by atoms with Crippen molar-refractivity contribution in [3.8, 4) is 5.75 Å². The maximum absolute atomic E-state index is 5.64. The van der Waals surface area contributed by atoms with Crippen LogP contribution in [0.3, 0.4) is 0 Å². The van der Waals surface area contributed by atoms with Crippen molar-refractivity contribution < 1.29 is 14.2 Å². The van der Waals surface area contributed by atoms with Crippen LogP contribution in [-0.2, 0) is 22.6 Å². The monoisotopic (exact) mass is 382 g/mol. The number of benzene rings is 2. The maximum Gasteiger partial charge on any atom is 0.123 e. The Morgan fingerprint density at radius 3 is 2.68 bits per heavy atom. The smallest absolute Gasteiger partial charge is 0.123 e. The van der Waals surface area contributed by atoms with Crippen molar-refractivity contribution in [2.45, 2.75) is 19.1 Å². The molecule has 150 valence electrons. The van der Waals surface area contributed by atoms with Crippen molar-refractivity contribution in [1.29, 1.82) is 0 Å². The van der Waals surface area contributed by atoms with Gasteiger partial charge in [-0.3, -0.25) is 4.90 Å². The van der Waals surface area contributed by atoms with Crippen LogP contribution in [0.25, 0.3) is 0 Å². The second-order valence-corrected chi connectivity index (χ2v) is 7.63. The van der Waals surface area contributed by atoms with Crippen LogP contribution in [0, 0.1) is 0 Å². The van der Waals surface area contributed by atoms with Gasteiger partial charge in [-0.15, -0.1) is 0 Å². The van der Waals surface area contributed by atoms with E-state index in [1.807, 2.05) is 0 Å². The van der Waals surface area contributed by atoms with Crippen LogP contribution in [-0.4, -0.2) is 58.5 Å². The molecular weight excluding hydrogens is 352 g/mol. The number of fused-ring (bicyclic) bond motifs is 1. The van der Waals surface area contributed by atoms with Gasteiger partial charge in [0, 0.05) is 57.0 Å². The summed E-state index contributed by atoms with van der Waals surface area (Å²) in [6, 6.07) is 15.2. The highest BCUT2D eigenvalue weighted by Gasteiger charge is 2.30. The van der Waals surface area contributed by atoms with Gasteiger partial charge in [0.2, 0.25) is 0 Å². The first kappa shape index (κ1) is 19.2. The molecule has 2 heterocycles. The number of hydrogen-bond donors (Lipinski definition) is 0. The third-order valence-electron chi connectivity index (χ3n) is 5.76. The summed E-state index contributed by atoms with van der Waals surface area (Å²) in [6.07, 6.45) is 0. The molecule has 5 heteroatoms. The molecule has 0 amide bonds. The molecule has 0 spiro atoms. The summed E-state index contributed by atoms with van der Waals surface area (Å²) in [4.78, 5) is 5.03. The molecule has 2 aliphatic rings. The topological polar surface area (TPSA) is 34.2 Å². The Labute approximate surface area is 167 Å². The van der Waals surface area contributed by atoms with E-state index in [0.717, 1.165) is 51.7 Å². The number of morpholine rings is 1. The van der Waals surface area contributed by atoms with E-state index in [1.54, 1.807) is 14.2 Å². The van der Waals surface area contributed by atoms with Crippen LogP contribution in [0.2, 0.25) is 0 Å². The van der Waals surface area contributed by atoms with E-state index in [0.29, 0.717) is 12.5 Å². The van der Waals surface area contributed by atoms with E-state index in [2.05, 4.69) is 52.3 Å². The van der Waals surface area contributed by atoms with Gasteiger partial charge in [0.05, 0.1) is 26.9 Å². The average Bonchev–Trinajstić information content (AvgIpc) is 3.07. The number of rotatable bonds is 7. The van der Waals surface area contributed by atoms with Crippen molar-refractivity contribution in [2.24, 2.45) is 0 Å². The fraction of sp³-hybridized carbons (Fsp3) is 0.478. The van der Waals surface area contributed by atoms with Gasteiger partial charge in [0.1, 0.15) is 5.75 Å². The summed E-state index contributed by atoms with van der Waals surface area (Å²) in [5.74, 6) is 1.47. The number of methoxy groups -OCH3 is 2. The fourth-order valence-electron chi connectivity index (χ4n) is 4.40. The van der Waals surface area contributed by atoms with Crippen LogP contribution < -0.4 is 9.64 Å². The van der Waals surface area contributed by atoms with E-state index >= 15 is 0 Å². The van der Waals surface area contributed by atoms with Crippen LogP contribution in [0.1, 0.15) is 22.6 Å². The molecule has 1 fully saturated rings. The Bertz CT molecular complexity index is 789. The number of ether oxygens (including phenoxy) is 3. The summed E-state index contributed by atoms with van der Waals surface area (Å²) in [5, 5.41) is 0. The van der Waals surface area contributed by atoms with E-state index in [9.17, 15) is 0 Å². The van der Waals surface area contributed by atoms with Gasteiger partial charge in [-0.2, -0.15) is 0 Å². The molecule has 1 saturated heterocycles. The number of para-hydroxylation sites is 1. The third-order valence-corrected chi connectivity index (χ3v) is 5.76. The molecule has 0 aliphatic carbocycles. The normalized spacial score (nSPS) is 19.6. The van der Waals surface area contributed by atoms with Crippen LogP contribution in [0.15, 0.2) is 42.5 Å². The molecule has 1 unspecified atom stereocenters. The number of anilines is 1. The van der Waals surface area contributed by atoms with Crippen LogP contribution in [0.5, 0.6) is 5.75 Å². The quantitative estimate of drug-likeness (QED) is 0.734. The lowest BCUT2D eigenvalue weighted by Crippen LogP contribution is -2.39. The maximum atomic E-state index is 5.64. The van der Waals surface area contributed by atoms with Crippen molar-refractivity contribution in [2.75, 3.05) is 58.5 Å². The number of hydrogen-bond acceptors (Lipinski definition) is 5. The standard InChI is InChI=1S/C23H30N2O3/c1-26-17-18-7-8-23(27-2)19(13-18)15-25-16-20(14-24-9-11-28-12-10-24)21-5-3-4-6-22(21)25/h3-8,13,20H,9-12,14-17H2,1-2H3. The zero-order chi connectivity index (χ0) is 19.3. The molecule has 2 aliphatic heterocycles. The Kier molecular flexibility index (Phi) is 6.15. The van der Waals surface area contributed by atoms with E-state index in [1.165, 1.54) is 22.4 Å². The third kappa shape index (κ3) is 4.17. The Morgan fingerprint density at radius 2 is 1.89 bits per heavy atom. The van der Waals surface area contributed by atoms with Gasteiger partial charge in [0.25, 0.3) is 0 Å². The van der Waals surface area contributed by atoms with Gasteiger partial charge in [0.15, 0.2) is 0 Å². The zero-order valence-corrected chi connectivity index (χ0v) is 16.9. The van der Waals surface area contributed by atoms with Gasteiger partial charge >= 0.3 is 0 Å². The summed E-state index contributed by atoms with van der Waals surface area (Å²) in [5.41, 5.74) is 5.19. The Morgan fingerprint density at radius 1 is 1.07 bits per heavy atom.